The second-order valence-electron chi connectivity index (χ2n) is 4.18. The van der Waals surface area contributed by atoms with Gasteiger partial charge in [0.15, 0.2) is 0 Å². The van der Waals surface area contributed by atoms with Gasteiger partial charge < -0.3 is 0 Å². The van der Waals surface area contributed by atoms with Gasteiger partial charge in [-0.15, -0.1) is 0 Å². The molecule has 0 radical (unpaired) electrons. The van der Waals surface area contributed by atoms with Crippen LogP contribution in [0.3, 0.4) is 0 Å². The molecule has 0 saturated carbocycles. The number of halogens is 1. The maximum absolute atomic E-state index is 10.5. The van der Waals surface area contributed by atoms with Crippen molar-refractivity contribution in [1.29, 1.82) is 0 Å². The molecule has 6 heteroatoms. The first-order chi connectivity index (χ1) is 9.56. The lowest BCUT2D eigenvalue weighted by Crippen LogP contribution is -1.93. The molecule has 2 rings (SSSR count). The summed E-state index contributed by atoms with van der Waals surface area (Å²) in [5.74, 6) is 0. The summed E-state index contributed by atoms with van der Waals surface area (Å²) in [4.78, 5) is 10.1. The number of benzene rings is 2. The Morgan fingerprint density at radius 2 is 1.95 bits per heavy atom. The smallest absolute Gasteiger partial charge is 0.269 e. The van der Waals surface area contributed by atoms with Crippen molar-refractivity contribution >= 4 is 29.2 Å². The molecule has 102 valence electrons. The number of nitrogens with zero attached hydrogens (tertiary/aromatic N) is 2. The number of hydrogen-bond donors (Lipinski definition) is 1. The zero-order valence-electron chi connectivity index (χ0n) is 10.7. The van der Waals surface area contributed by atoms with Crippen LogP contribution >= 0.6 is 11.6 Å². The Balaban J connectivity index is 2.06. The van der Waals surface area contributed by atoms with Crippen LogP contribution in [0.2, 0.25) is 5.02 Å². The largest absolute Gasteiger partial charge is 0.278 e. The number of rotatable bonds is 4. The fraction of sp³-hybridized carbons (Fsp3) is 0.0714. The van der Waals surface area contributed by atoms with E-state index in [1.807, 2.05) is 19.1 Å². The second-order valence-corrected chi connectivity index (χ2v) is 4.61. The lowest BCUT2D eigenvalue weighted by Gasteiger charge is -2.04. The lowest BCUT2D eigenvalue weighted by molar-refractivity contribution is -0.384. The number of anilines is 1. The minimum Gasteiger partial charge on any atom is -0.278 e. The minimum atomic E-state index is -0.436. The molecule has 0 aromatic heterocycles. The van der Waals surface area contributed by atoms with Gasteiger partial charge in [-0.3, -0.25) is 15.5 Å². The Labute approximate surface area is 121 Å². The van der Waals surface area contributed by atoms with Crippen LogP contribution in [0.25, 0.3) is 0 Å². The summed E-state index contributed by atoms with van der Waals surface area (Å²) in [5.41, 5.74) is 5.55. The molecule has 0 aliphatic carbocycles. The molecule has 20 heavy (non-hydrogen) atoms. The average molecular weight is 290 g/mol. The van der Waals surface area contributed by atoms with Crippen LogP contribution in [0, 0.1) is 17.0 Å². The third-order valence-electron chi connectivity index (χ3n) is 2.70. The molecule has 0 aliphatic rings. The highest BCUT2D eigenvalue weighted by Gasteiger charge is 2.02. The predicted molar refractivity (Wildman–Crippen MR) is 80.5 cm³/mol. The van der Waals surface area contributed by atoms with Gasteiger partial charge in [-0.25, -0.2) is 0 Å². The monoisotopic (exact) mass is 289 g/mol. The van der Waals surface area contributed by atoms with Gasteiger partial charge in [0, 0.05) is 17.2 Å². The van der Waals surface area contributed by atoms with E-state index in [1.54, 1.807) is 24.4 Å². The number of nitro benzene ring substituents is 1. The molecule has 0 saturated heterocycles. The van der Waals surface area contributed by atoms with Crippen LogP contribution in [0.5, 0.6) is 0 Å². The van der Waals surface area contributed by atoms with E-state index in [-0.39, 0.29) is 5.69 Å². The quantitative estimate of drug-likeness (QED) is 0.525. The molecule has 0 unspecified atom stereocenters. The normalized spacial score (nSPS) is 10.7. The lowest BCUT2D eigenvalue weighted by atomic mass is 10.2. The van der Waals surface area contributed by atoms with Crippen molar-refractivity contribution < 1.29 is 4.92 Å². The van der Waals surface area contributed by atoms with Crippen molar-refractivity contribution in [2.45, 2.75) is 6.92 Å². The zero-order chi connectivity index (χ0) is 14.5. The predicted octanol–water partition coefficient (Wildman–Crippen LogP) is 4.00. The zero-order valence-corrected chi connectivity index (χ0v) is 11.5. The molecule has 2 aromatic carbocycles. The highest BCUT2D eigenvalue weighted by molar-refractivity contribution is 6.30. The van der Waals surface area contributed by atoms with Gasteiger partial charge in [-0.05, 0) is 42.3 Å². The average Bonchev–Trinajstić information content (AvgIpc) is 2.43. The number of aryl methyl sites for hydroxylation is 1. The molecule has 0 atom stereocenters. The SMILES string of the molecule is Cc1ccc(Cl)cc1NN=Cc1ccc([N+](=O)[O-])cc1. The van der Waals surface area contributed by atoms with Gasteiger partial charge in [-0.1, -0.05) is 17.7 Å². The Morgan fingerprint density at radius 1 is 1.25 bits per heavy atom. The third kappa shape index (κ3) is 3.55. The van der Waals surface area contributed by atoms with Crippen molar-refractivity contribution in [3.8, 4) is 0 Å². The molecule has 0 fully saturated rings. The van der Waals surface area contributed by atoms with Gasteiger partial charge in [0.1, 0.15) is 0 Å². The first kappa shape index (κ1) is 14.0. The molecule has 0 aliphatic heterocycles. The van der Waals surface area contributed by atoms with Crippen molar-refractivity contribution in [3.63, 3.8) is 0 Å². The summed E-state index contributed by atoms with van der Waals surface area (Å²) in [7, 11) is 0. The van der Waals surface area contributed by atoms with Crippen LogP contribution in [-0.4, -0.2) is 11.1 Å². The van der Waals surface area contributed by atoms with E-state index >= 15 is 0 Å². The van der Waals surface area contributed by atoms with Crippen LogP contribution in [0.4, 0.5) is 11.4 Å². The Bertz CT molecular complexity index is 654. The van der Waals surface area contributed by atoms with Crippen molar-refractivity contribution in [3.05, 3.63) is 68.7 Å². The number of non-ortho nitro benzene ring substituents is 1. The molecule has 2 aromatic rings. The Hall–Kier alpha value is -2.40. The molecule has 1 N–H and O–H groups in total. The van der Waals surface area contributed by atoms with E-state index in [0.29, 0.717) is 5.02 Å². The second kappa shape index (κ2) is 6.16. The molecule has 0 heterocycles. The van der Waals surface area contributed by atoms with Crippen LogP contribution in [-0.2, 0) is 0 Å². The van der Waals surface area contributed by atoms with Gasteiger partial charge >= 0.3 is 0 Å². The standard InChI is InChI=1S/C14H12ClN3O2/c1-10-2-5-12(15)8-14(10)17-16-9-11-3-6-13(7-4-11)18(19)20/h2-9,17H,1H3. The van der Waals surface area contributed by atoms with Crippen molar-refractivity contribution in [1.82, 2.24) is 0 Å². The van der Waals surface area contributed by atoms with E-state index in [1.165, 1.54) is 12.1 Å². The minimum absolute atomic E-state index is 0.0563. The van der Waals surface area contributed by atoms with Gasteiger partial charge in [0.05, 0.1) is 16.8 Å². The molecular formula is C14H12ClN3O2. The molecular weight excluding hydrogens is 278 g/mol. The van der Waals surface area contributed by atoms with Gasteiger partial charge in [0.25, 0.3) is 5.69 Å². The summed E-state index contributed by atoms with van der Waals surface area (Å²) < 4.78 is 0. The summed E-state index contributed by atoms with van der Waals surface area (Å²) >= 11 is 5.90. The molecule has 5 nitrogen and oxygen atoms in total. The van der Waals surface area contributed by atoms with E-state index in [9.17, 15) is 10.1 Å². The van der Waals surface area contributed by atoms with Gasteiger partial charge in [0.2, 0.25) is 0 Å². The third-order valence-corrected chi connectivity index (χ3v) is 2.94. The highest BCUT2D eigenvalue weighted by Crippen LogP contribution is 2.20. The maximum atomic E-state index is 10.5. The Morgan fingerprint density at radius 3 is 2.60 bits per heavy atom. The van der Waals surface area contributed by atoms with Crippen molar-refractivity contribution in [2.75, 3.05) is 5.43 Å². The first-order valence-corrected chi connectivity index (χ1v) is 6.24. The van der Waals surface area contributed by atoms with E-state index in [0.717, 1.165) is 16.8 Å². The summed E-state index contributed by atoms with van der Waals surface area (Å²) in [6.07, 6.45) is 1.59. The number of nitro groups is 1. The van der Waals surface area contributed by atoms with Crippen molar-refractivity contribution in [2.24, 2.45) is 5.10 Å². The maximum Gasteiger partial charge on any atom is 0.269 e. The fourth-order valence-corrected chi connectivity index (χ4v) is 1.75. The summed E-state index contributed by atoms with van der Waals surface area (Å²) in [5, 5.41) is 15.2. The van der Waals surface area contributed by atoms with E-state index in [4.69, 9.17) is 11.6 Å². The van der Waals surface area contributed by atoms with E-state index < -0.39 is 4.92 Å². The highest BCUT2D eigenvalue weighted by atomic mass is 35.5. The topological polar surface area (TPSA) is 67.5 Å². The van der Waals surface area contributed by atoms with Crippen LogP contribution in [0.1, 0.15) is 11.1 Å². The molecule has 0 bridgehead atoms. The number of hydrazone groups is 1. The van der Waals surface area contributed by atoms with Crippen LogP contribution in [0.15, 0.2) is 47.6 Å². The first-order valence-electron chi connectivity index (χ1n) is 5.86. The molecule has 0 spiro atoms. The van der Waals surface area contributed by atoms with E-state index in [2.05, 4.69) is 10.5 Å². The summed E-state index contributed by atoms with van der Waals surface area (Å²) in [6, 6.07) is 11.6. The van der Waals surface area contributed by atoms with Crippen LogP contribution < -0.4 is 5.43 Å². The number of nitrogens with one attached hydrogen (secondary N) is 1. The fourth-order valence-electron chi connectivity index (χ4n) is 1.57. The number of hydrogen-bond acceptors (Lipinski definition) is 4. The summed E-state index contributed by atoms with van der Waals surface area (Å²) in [6.45, 7) is 1.94. The molecule has 0 amide bonds. The van der Waals surface area contributed by atoms with Gasteiger partial charge in [-0.2, -0.15) is 5.10 Å². The Kier molecular flexibility index (Phi) is 4.32.